The van der Waals surface area contributed by atoms with Crippen LogP contribution >= 0.6 is 0 Å². The SMILES string of the molecule is O=C1CCC(=O)N1c1ccc(S(=O)(=O)N2CCOCC2)cc1. The van der Waals surface area contributed by atoms with Crippen LogP contribution in [0.25, 0.3) is 0 Å². The van der Waals surface area contributed by atoms with Crippen molar-refractivity contribution in [3.8, 4) is 0 Å². The summed E-state index contributed by atoms with van der Waals surface area (Å²) in [6.07, 6.45) is 0.402. The fourth-order valence-corrected chi connectivity index (χ4v) is 3.98. The number of hydrogen-bond donors (Lipinski definition) is 0. The van der Waals surface area contributed by atoms with Crippen molar-refractivity contribution in [1.82, 2.24) is 4.31 Å². The third kappa shape index (κ3) is 2.65. The van der Waals surface area contributed by atoms with Gasteiger partial charge in [-0.05, 0) is 24.3 Å². The Morgan fingerprint density at radius 3 is 2.00 bits per heavy atom. The van der Waals surface area contributed by atoms with Gasteiger partial charge in [-0.15, -0.1) is 0 Å². The first-order valence-electron chi connectivity index (χ1n) is 7.04. The van der Waals surface area contributed by atoms with E-state index in [1.54, 1.807) is 0 Å². The standard InChI is InChI=1S/C14H16N2O5S/c17-13-5-6-14(18)16(13)11-1-3-12(4-2-11)22(19,20)15-7-9-21-10-8-15/h1-4H,5-10H2. The summed E-state index contributed by atoms with van der Waals surface area (Å²) >= 11 is 0. The van der Waals surface area contributed by atoms with Gasteiger partial charge in [0.15, 0.2) is 0 Å². The molecule has 0 unspecified atom stereocenters. The first-order valence-corrected chi connectivity index (χ1v) is 8.48. The molecular weight excluding hydrogens is 308 g/mol. The quantitative estimate of drug-likeness (QED) is 0.750. The van der Waals surface area contributed by atoms with Crippen LogP contribution in [-0.4, -0.2) is 50.8 Å². The van der Waals surface area contributed by atoms with E-state index >= 15 is 0 Å². The van der Waals surface area contributed by atoms with Crippen molar-refractivity contribution in [2.45, 2.75) is 17.7 Å². The van der Waals surface area contributed by atoms with E-state index in [0.29, 0.717) is 32.0 Å². The zero-order valence-corrected chi connectivity index (χ0v) is 12.7. The van der Waals surface area contributed by atoms with Crippen LogP contribution < -0.4 is 4.90 Å². The number of amides is 2. The molecule has 2 saturated heterocycles. The minimum atomic E-state index is -3.56. The Bertz CT molecular complexity index is 676. The van der Waals surface area contributed by atoms with Gasteiger partial charge in [-0.25, -0.2) is 8.42 Å². The van der Waals surface area contributed by atoms with E-state index < -0.39 is 10.0 Å². The second-order valence-corrected chi connectivity index (χ2v) is 7.07. The van der Waals surface area contributed by atoms with Crippen LogP contribution in [0.15, 0.2) is 29.2 Å². The number of benzene rings is 1. The predicted octanol–water partition coefficient (Wildman–Crippen LogP) is 0.361. The number of sulfonamides is 1. The number of rotatable bonds is 3. The number of anilines is 1. The molecular formula is C14H16N2O5S. The Morgan fingerprint density at radius 1 is 0.909 bits per heavy atom. The molecule has 3 rings (SSSR count). The number of carbonyl (C=O) groups excluding carboxylic acids is 2. The second-order valence-electron chi connectivity index (χ2n) is 5.13. The van der Waals surface area contributed by atoms with Crippen molar-refractivity contribution in [3.63, 3.8) is 0 Å². The Hall–Kier alpha value is -1.77. The van der Waals surface area contributed by atoms with Gasteiger partial charge in [0.1, 0.15) is 0 Å². The first kappa shape index (κ1) is 15.1. The maximum absolute atomic E-state index is 12.5. The highest BCUT2D eigenvalue weighted by Crippen LogP contribution is 2.25. The third-order valence-corrected chi connectivity index (χ3v) is 5.67. The smallest absolute Gasteiger partial charge is 0.243 e. The molecule has 0 N–H and O–H groups in total. The van der Waals surface area contributed by atoms with Crippen molar-refractivity contribution in [3.05, 3.63) is 24.3 Å². The molecule has 1 aromatic rings. The zero-order valence-electron chi connectivity index (χ0n) is 11.9. The van der Waals surface area contributed by atoms with Crippen LogP contribution in [0.4, 0.5) is 5.69 Å². The molecule has 0 spiro atoms. The van der Waals surface area contributed by atoms with Crippen molar-refractivity contribution >= 4 is 27.5 Å². The van der Waals surface area contributed by atoms with E-state index in [2.05, 4.69) is 0 Å². The first-order chi connectivity index (χ1) is 10.5. The summed E-state index contributed by atoms with van der Waals surface area (Å²) in [7, 11) is -3.56. The summed E-state index contributed by atoms with van der Waals surface area (Å²) < 4.78 is 31.5. The molecule has 1 aromatic carbocycles. The van der Waals surface area contributed by atoms with Gasteiger partial charge in [-0.1, -0.05) is 0 Å². The lowest BCUT2D eigenvalue weighted by molar-refractivity contribution is -0.121. The number of morpholine rings is 1. The van der Waals surface area contributed by atoms with E-state index in [1.807, 2.05) is 0 Å². The minimum Gasteiger partial charge on any atom is -0.379 e. The van der Waals surface area contributed by atoms with Crippen LogP contribution in [0.2, 0.25) is 0 Å². The molecule has 2 aliphatic rings. The van der Waals surface area contributed by atoms with E-state index in [9.17, 15) is 18.0 Å². The van der Waals surface area contributed by atoms with Gasteiger partial charge in [-0.3, -0.25) is 14.5 Å². The summed E-state index contributed by atoms with van der Waals surface area (Å²) in [5, 5.41) is 0. The van der Waals surface area contributed by atoms with Crippen LogP contribution in [0.5, 0.6) is 0 Å². The van der Waals surface area contributed by atoms with Crippen molar-refractivity contribution < 1.29 is 22.7 Å². The molecule has 2 amide bonds. The highest BCUT2D eigenvalue weighted by atomic mass is 32.2. The summed E-state index contributed by atoms with van der Waals surface area (Å²) in [5.41, 5.74) is 0.411. The highest BCUT2D eigenvalue weighted by molar-refractivity contribution is 7.89. The normalized spacial score (nSPS) is 20.6. The third-order valence-electron chi connectivity index (χ3n) is 3.75. The fourth-order valence-electron chi connectivity index (χ4n) is 2.57. The van der Waals surface area contributed by atoms with Crippen LogP contribution in [0, 0.1) is 0 Å². The Balaban J connectivity index is 1.85. The molecule has 0 atom stereocenters. The van der Waals surface area contributed by atoms with E-state index in [0.717, 1.165) is 4.90 Å². The summed E-state index contributed by atoms with van der Waals surface area (Å²) in [4.78, 5) is 24.6. The lowest BCUT2D eigenvalue weighted by Crippen LogP contribution is -2.40. The monoisotopic (exact) mass is 324 g/mol. The zero-order chi connectivity index (χ0) is 15.7. The minimum absolute atomic E-state index is 0.150. The van der Waals surface area contributed by atoms with Crippen molar-refractivity contribution in [2.75, 3.05) is 31.2 Å². The summed E-state index contributed by atoms with van der Waals surface area (Å²) in [6.45, 7) is 1.42. The van der Waals surface area contributed by atoms with Gasteiger partial charge in [0.25, 0.3) is 0 Å². The number of ether oxygens (including phenoxy) is 1. The fraction of sp³-hybridized carbons (Fsp3) is 0.429. The average molecular weight is 324 g/mol. The molecule has 2 heterocycles. The molecule has 8 heteroatoms. The molecule has 0 bridgehead atoms. The van der Waals surface area contributed by atoms with Crippen LogP contribution in [0.1, 0.15) is 12.8 Å². The van der Waals surface area contributed by atoms with E-state index in [-0.39, 0.29) is 29.6 Å². The van der Waals surface area contributed by atoms with Gasteiger partial charge < -0.3 is 4.74 Å². The molecule has 0 aliphatic carbocycles. The molecule has 2 fully saturated rings. The van der Waals surface area contributed by atoms with Crippen LogP contribution in [0.3, 0.4) is 0 Å². The van der Waals surface area contributed by atoms with Gasteiger partial charge in [0.05, 0.1) is 23.8 Å². The van der Waals surface area contributed by atoms with Crippen molar-refractivity contribution in [1.29, 1.82) is 0 Å². The molecule has 118 valence electrons. The lowest BCUT2D eigenvalue weighted by atomic mass is 10.3. The maximum atomic E-state index is 12.5. The molecule has 0 aromatic heterocycles. The lowest BCUT2D eigenvalue weighted by Gasteiger charge is -2.26. The number of hydrogen-bond acceptors (Lipinski definition) is 5. The summed E-state index contributed by atoms with van der Waals surface area (Å²) in [6, 6.07) is 5.85. The summed E-state index contributed by atoms with van der Waals surface area (Å²) in [5.74, 6) is -0.512. The molecule has 0 radical (unpaired) electrons. The van der Waals surface area contributed by atoms with Crippen LogP contribution in [-0.2, 0) is 24.3 Å². The number of carbonyl (C=O) groups is 2. The second kappa shape index (κ2) is 5.79. The average Bonchev–Trinajstić information content (AvgIpc) is 2.87. The number of nitrogens with zero attached hydrogens (tertiary/aromatic N) is 2. The molecule has 22 heavy (non-hydrogen) atoms. The number of imide groups is 1. The predicted molar refractivity (Wildman–Crippen MR) is 77.7 cm³/mol. The van der Waals surface area contributed by atoms with Gasteiger partial charge >= 0.3 is 0 Å². The van der Waals surface area contributed by atoms with Gasteiger partial charge in [0.2, 0.25) is 21.8 Å². The van der Waals surface area contributed by atoms with Crippen molar-refractivity contribution in [2.24, 2.45) is 0 Å². The molecule has 7 nitrogen and oxygen atoms in total. The maximum Gasteiger partial charge on any atom is 0.243 e. The van der Waals surface area contributed by atoms with Gasteiger partial charge in [-0.2, -0.15) is 4.31 Å². The Morgan fingerprint density at radius 2 is 1.45 bits per heavy atom. The van der Waals surface area contributed by atoms with Gasteiger partial charge in [0, 0.05) is 25.9 Å². The topological polar surface area (TPSA) is 84.0 Å². The molecule has 2 aliphatic heterocycles. The largest absolute Gasteiger partial charge is 0.379 e. The van der Waals surface area contributed by atoms with E-state index in [1.165, 1.54) is 28.6 Å². The Kier molecular flexibility index (Phi) is 3.98. The molecule has 0 saturated carbocycles. The van der Waals surface area contributed by atoms with E-state index in [4.69, 9.17) is 4.74 Å². The Labute approximate surface area is 128 Å². The highest BCUT2D eigenvalue weighted by Gasteiger charge is 2.31.